The van der Waals surface area contributed by atoms with Crippen molar-refractivity contribution in [2.75, 3.05) is 43.4 Å². The van der Waals surface area contributed by atoms with E-state index in [0.717, 1.165) is 37.9 Å². The van der Waals surface area contributed by atoms with Crippen molar-refractivity contribution in [3.05, 3.63) is 58.5 Å². The van der Waals surface area contributed by atoms with Crippen molar-refractivity contribution in [3.8, 4) is 6.07 Å². The third kappa shape index (κ3) is 4.48. The average Bonchev–Trinajstić information content (AvgIpc) is 2.80. The maximum absolute atomic E-state index is 14.7. The molecule has 1 aromatic heterocycles. The SMILES string of the molecule is Cc1nnc(N[C@H](C)c2cccc(C(F)(F)F)c2F)c2cc(N3CCN(C)CC3)c(C#N)cc12. The Labute approximate surface area is 194 Å². The molecule has 3 aromatic rings. The van der Waals surface area contributed by atoms with E-state index >= 15 is 0 Å². The molecule has 34 heavy (non-hydrogen) atoms. The molecule has 0 amide bonds. The highest BCUT2D eigenvalue weighted by Crippen LogP contribution is 2.36. The van der Waals surface area contributed by atoms with E-state index in [9.17, 15) is 22.8 Å². The molecule has 1 N–H and O–H groups in total. The number of anilines is 2. The van der Waals surface area contributed by atoms with Crippen LogP contribution in [-0.4, -0.2) is 48.3 Å². The number of aryl methyl sites for hydroxylation is 1. The zero-order chi connectivity index (χ0) is 24.6. The summed E-state index contributed by atoms with van der Waals surface area (Å²) in [5.74, 6) is -1.01. The number of hydrogen-bond donors (Lipinski definition) is 1. The second-order valence-corrected chi connectivity index (χ2v) is 8.52. The van der Waals surface area contributed by atoms with E-state index < -0.39 is 23.6 Å². The Bertz CT molecular complexity index is 1260. The molecule has 2 heterocycles. The number of aromatic nitrogens is 2. The fourth-order valence-corrected chi connectivity index (χ4v) is 4.21. The van der Waals surface area contributed by atoms with Crippen LogP contribution in [0.3, 0.4) is 0 Å². The lowest BCUT2D eigenvalue weighted by Crippen LogP contribution is -2.44. The van der Waals surface area contributed by atoms with Crippen LogP contribution in [0.5, 0.6) is 0 Å². The van der Waals surface area contributed by atoms with Gasteiger partial charge in [0.15, 0.2) is 5.82 Å². The standard InChI is InChI=1S/C24H24F4N6/c1-14(17-5-4-6-20(22(17)25)24(26,27)28)30-23-19-12-21(34-9-7-33(3)8-10-34)16(13-29)11-18(19)15(2)31-32-23/h4-6,11-12,14H,7-10H2,1-3H3,(H,30,32)/t14-/m1/s1. The molecule has 0 bridgehead atoms. The summed E-state index contributed by atoms with van der Waals surface area (Å²) in [6.45, 7) is 6.55. The summed E-state index contributed by atoms with van der Waals surface area (Å²) >= 11 is 0. The summed E-state index contributed by atoms with van der Waals surface area (Å²) in [5.41, 5.74) is 0.445. The van der Waals surface area contributed by atoms with Gasteiger partial charge in [-0.3, -0.25) is 0 Å². The lowest BCUT2D eigenvalue weighted by atomic mass is 10.0. The van der Waals surface area contributed by atoms with Gasteiger partial charge in [-0.05, 0) is 39.1 Å². The molecule has 0 spiro atoms. The molecule has 2 aromatic carbocycles. The van der Waals surface area contributed by atoms with Gasteiger partial charge in [0, 0.05) is 42.5 Å². The molecule has 6 nitrogen and oxygen atoms in total. The first-order valence-corrected chi connectivity index (χ1v) is 10.9. The van der Waals surface area contributed by atoms with Crippen molar-refractivity contribution in [2.24, 2.45) is 0 Å². The fourth-order valence-electron chi connectivity index (χ4n) is 4.21. The summed E-state index contributed by atoms with van der Waals surface area (Å²) in [6, 6.07) is 8.28. The van der Waals surface area contributed by atoms with Crippen molar-refractivity contribution in [1.82, 2.24) is 15.1 Å². The maximum atomic E-state index is 14.7. The van der Waals surface area contributed by atoms with Crippen LogP contribution in [0.2, 0.25) is 0 Å². The highest BCUT2D eigenvalue weighted by atomic mass is 19.4. The van der Waals surface area contributed by atoms with Crippen molar-refractivity contribution >= 4 is 22.3 Å². The van der Waals surface area contributed by atoms with Gasteiger partial charge in [0.25, 0.3) is 0 Å². The molecule has 10 heteroatoms. The van der Waals surface area contributed by atoms with E-state index in [1.165, 1.54) is 12.1 Å². The zero-order valence-corrected chi connectivity index (χ0v) is 19.0. The number of alkyl halides is 3. The third-order valence-corrected chi connectivity index (χ3v) is 6.20. The van der Waals surface area contributed by atoms with E-state index in [1.807, 2.05) is 13.1 Å². The van der Waals surface area contributed by atoms with Crippen LogP contribution < -0.4 is 10.2 Å². The van der Waals surface area contributed by atoms with Gasteiger partial charge >= 0.3 is 6.18 Å². The van der Waals surface area contributed by atoms with Gasteiger partial charge in [-0.25, -0.2) is 4.39 Å². The number of halogens is 4. The Morgan fingerprint density at radius 1 is 1.09 bits per heavy atom. The highest BCUT2D eigenvalue weighted by Gasteiger charge is 2.35. The number of nitrogens with one attached hydrogen (secondary N) is 1. The van der Waals surface area contributed by atoms with E-state index in [2.05, 4.69) is 31.4 Å². The van der Waals surface area contributed by atoms with Gasteiger partial charge in [0.05, 0.1) is 28.6 Å². The number of nitriles is 1. The van der Waals surface area contributed by atoms with Crippen LogP contribution in [0.25, 0.3) is 10.8 Å². The molecule has 0 aliphatic carbocycles. The van der Waals surface area contributed by atoms with Crippen LogP contribution in [0.1, 0.15) is 35.3 Å². The number of piperazine rings is 1. The Hall–Kier alpha value is -3.45. The number of rotatable bonds is 4. The average molecular weight is 472 g/mol. The highest BCUT2D eigenvalue weighted by molar-refractivity contribution is 5.97. The first-order valence-electron chi connectivity index (χ1n) is 10.9. The molecule has 0 saturated carbocycles. The molecule has 1 fully saturated rings. The minimum Gasteiger partial charge on any atom is -0.368 e. The van der Waals surface area contributed by atoms with Gasteiger partial charge in [0.2, 0.25) is 0 Å². The van der Waals surface area contributed by atoms with E-state index in [4.69, 9.17) is 0 Å². The molecule has 0 radical (unpaired) electrons. The number of likely N-dealkylation sites (N-methyl/N-ethyl adjacent to an activating group) is 1. The molecule has 1 atom stereocenters. The quantitative estimate of drug-likeness (QED) is 0.546. The molecule has 1 aliphatic rings. The Morgan fingerprint density at radius 3 is 2.44 bits per heavy atom. The lowest BCUT2D eigenvalue weighted by Gasteiger charge is -2.34. The smallest absolute Gasteiger partial charge is 0.368 e. The van der Waals surface area contributed by atoms with Gasteiger partial charge in [-0.15, -0.1) is 5.10 Å². The number of benzene rings is 2. The molecule has 178 valence electrons. The third-order valence-electron chi connectivity index (χ3n) is 6.20. The van der Waals surface area contributed by atoms with Crippen molar-refractivity contribution in [3.63, 3.8) is 0 Å². The predicted molar refractivity (Wildman–Crippen MR) is 122 cm³/mol. The molecule has 1 aliphatic heterocycles. The largest absolute Gasteiger partial charge is 0.419 e. The monoisotopic (exact) mass is 472 g/mol. The van der Waals surface area contributed by atoms with Crippen molar-refractivity contribution in [2.45, 2.75) is 26.1 Å². The predicted octanol–water partition coefficient (Wildman–Crippen LogP) is 4.89. The van der Waals surface area contributed by atoms with Crippen LogP contribution >= 0.6 is 0 Å². The Morgan fingerprint density at radius 2 is 1.79 bits per heavy atom. The van der Waals surface area contributed by atoms with E-state index in [1.54, 1.807) is 19.9 Å². The van der Waals surface area contributed by atoms with Crippen molar-refractivity contribution < 1.29 is 17.6 Å². The summed E-state index contributed by atoms with van der Waals surface area (Å²) < 4.78 is 54.2. The summed E-state index contributed by atoms with van der Waals surface area (Å²) in [6.07, 6.45) is -4.79. The minimum absolute atomic E-state index is 0.127. The normalized spacial score (nSPS) is 15.9. The lowest BCUT2D eigenvalue weighted by molar-refractivity contribution is -0.140. The number of hydrogen-bond acceptors (Lipinski definition) is 6. The van der Waals surface area contributed by atoms with Gasteiger partial charge in [-0.1, -0.05) is 12.1 Å². The van der Waals surface area contributed by atoms with Gasteiger partial charge in [-0.2, -0.15) is 23.5 Å². The minimum atomic E-state index is -4.79. The Balaban J connectivity index is 1.76. The fraction of sp³-hybridized carbons (Fsp3) is 0.375. The molecular weight excluding hydrogens is 448 g/mol. The molecule has 4 rings (SSSR count). The summed E-state index contributed by atoms with van der Waals surface area (Å²) in [7, 11) is 2.04. The first kappa shape index (κ1) is 23.7. The molecule has 0 unspecified atom stereocenters. The first-order chi connectivity index (χ1) is 16.1. The van der Waals surface area contributed by atoms with Crippen LogP contribution in [0, 0.1) is 24.1 Å². The topological polar surface area (TPSA) is 68.1 Å². The zero-order valence-electron chi connectivity index (χ0n) is 19.0. The molecule has 1 saturated heterocycles. The molecular formula is C24H24F4N6. The van der Waals surface area contributed by atoms with E-state index in [0.29, 0.717) is 27.8 Å². The second-order valence-electron chi connectivity index (χ2n) is 8.52. The second kappa shape index (κ2) is 9.06. The summed E-state index contributed by atoms with van der Waals surface area (Å²) in [5, 5.41) is 22.5. The van der Waals surface area contributed by atoms with Gasteiger partial charge in [0.1, 0.15) is 11.9 Å². The summed E-state index contributed by atoms with van der Waals surface area (Å²) in [4.78, 5) is 4.34. The number of nitrogens with zero attached hydrogens (tertiary/aromatic N) is 5. The van der Waals surface area contributed by atoms with Crippen LogP contribution in [0.15, 0.2) is 30.3 Å². The van der Waals surface area contributed by atoms with E-state index in [-0.39, 0.29) is 5.56 Å². The van der Waals surface area contributed by atoms with Gasteiger partial charge < -0.3 is 15.1 Å². The maximum Gasteiger partial charge on any atom is 0.419 e. The number of fused-ring (bicyclic) bond motifs is 1. The van der Waals surface area contributed by atoms with Crippen LogP contribution in [0.4, 0.5) is 29.1 Å². The van der Waals surface area contributed by atoms with Crippen LogP contribution in [-0.2, 0) is 6.18 Å². The Kier molecular flexibility index (Phi) is 6.32. The van der Waals surface area contributed by atoms with Crippen molar-refractivity contribution in [1.29, 1.82) is 5.26 Å².